The lowest BCUT2D eigenvalue weighted by molar-refractivity contribution is -0.145. The number of likely N-dealkylation sites (tertiary alicyclic amines) is 1. The molecule has 0 radical (unpaired) electrons. The van der Waals surface area contributed by atoms with Crippen LogP contribution in [0.1, 0.15) is 62.3 Å². The highest BCUT2D eigenvalue weighted by atomic mass is 127. The smallest absolute Gasteiger partial charge is 0.416 e. The Balaban J connectivity index is 2.05. The first kappa shape index (κ1) is 25.8. The summed E-state index contributed by atoms with van der Waals surface area (Å²) in [6.45, 7) is 6.05. The van der Waals surface area contributed by atoms with Crippen LogP contribution in [0, 0.1) is 3.57 Å². The molecule has 180 valence electrons. The molecule has 1 saturated heterocycles. The Morgan fingerprint density at radius 1 is 1.12 bits per heavy atom. The van der Waals surface area contributed by atoms with E-state index in [2.05, 4.69) is 22.6 Å². The molecule has 8 heteroatoms. The standard InChI is InChI=1S/C25H29F3INO3/c1-24(2,3)18-13-22(33-15-16-8-4-5-9-20(16)29)17(12-19(18)25(26,27)28)14-30-11-7-6-10-21(30)23(31)32/h4-5,8-9,12-13,21H,6-7,10-11,14-15H2,1-3H3,(H,31,32)/t21-/m0/s1. The third-order valence-corrected chi connectivity index (χ3v) is 6.98. The van der Waals surface area contributed by atoms with Crippen LogP contribution in [0.2, 0.25) is 0 Å². The van der Waals surface area contributed by atoms with Gasteiger partial charge in [0.1, 0.15) is 18.4 Å². The Morgan fingerprint density at radius 3 is 2.42 bits per heavy atom. The fourth-order valence-corrected chi connectivity index (χ4v) is 4.73. The van der Waals surface area contributed by atoms with Crippen molar-refractivity contribution in [2.45, 2.75) is 70.8 Å². The highest BCUT2D eigenvalue weighted by molar-refractivity contribution is 14.1. The van der Waals surface area contributed by atoms with Crippen molar-refractivity contribution in [2.24, 2.45) is 0 Å². The molecule has 4 nitrogen and oxygen atoms in total. The van der Waals surface area contributed by atoms with Crippen LogP contribution in [0.5, 0.6) is 5.75 Å². The fraction of sp³-hybridized carbons (Fsp3) is 0.480. The minimum absolute atomic E-state index is 0.0890. The van der Waals surface area contributed by atoms with E-state index in [9.17, 15) is 23.1 Å². The van der Waals surface area contributed by atoms with Crippen molar-refractivity contribution in [3.63, 3.8) is 0 Å². The molecule has 1 atom stereocenters. The largest absolute Gasteiger partial charge is 0.489 e. The monoisotopic (exact) mass is 575 g/mol. The number of alkyl halides is 3. The van der Waals surface area contributed by atoms with Gasteiger partial charge < -0.3 is 9.84 Å². The number of carboxylic acids is 1. The topological polar surface area (TPSA) is 49.8 Å². The van der Waals surface area contributed by atoms with Gasteiger partial charge in [0.2, 0.25) is 0 Å². The van der Waals surface area contributed by atoms with Gasteiger partial charge in [-0.05, 0) is 71.2 Å². The first-order chi connectivity index (χ1) is 15.4. The predicted octanol–water partition coefficient (Wildman–Crippen LogP) is 6.63. The van der Waals surface area contributed by atoms with E-state index < -0.39 is 29.2 Å². The van der Waals surface area contributed by atoms with Crippen molar-refractivity contribution in [2.75, 3.05) is 6.54 Å². The summed E-state index contributed by atoms with van der Waals surface area (Å²) in [7, 11) is 0. The average Bonchev–Trinajstić information content (AvgIpc) is 2.72. The lowest BCUT2D eigenvalue weighted by Gasteiger charge is -2.34. The normalized spacial score (nSPS) is 17.7. The van der Waals surface area contributed by atoms with Crippen LogP contribution in [-0.2, 0) is 29.5 Å². The molecule has 1 heterocycles. The highest BCUT2D eigenvalue weighted by Gasteiger charge is 2.38. The second kappa shape index (κ2) is 10.2. The number of carbonyl (C=O) groups is 1. The molecule has 1 aliphatic rings. The molecule has 33 heavy (non-hydrogen) atoms. The molecule has 0 unspecified atom stereocenters. The van der Waals surface area contributed by atoms with Gasteiger partial charge in [-0.1, -0.05) is 45.4 Å². The van der Waals surface area contributed by atoms with Gasteiger partial charge in [0, 0.05) is 21.2 Å². The van der Waals surface area contributed by atoms with Crippen LogP contribution in [0.3, 0.4) is 0 Å². The second-order valence-electron chi connectivity index (χ2n) is 9.45. The Hall–Kier alpha value is -1.81. The van der Waals surface area contributed by atoms with Crippen molar-refractivity contribution in [3.8, 4) is 5.75 Å². The molecule has 0 bridgehead atoms. The SMILES string of the molecule is CC(C)(C)c1cc(OCc2ccccc2I)c(CN2CCCC[C@H]2C(=O)O)cc1C(F)(F)F. The number of ether oxygens (including phenoxy) is 1. The van der Waals surface area contributed by atoms with Gasteiger partial charge in [-0.3, -0.25) is 9.69 Å². The van der Waals surface area contributed by atoms with E-state index in [-0.39, 0.29) is 18.7 Å². The molecule has 2 aromatic rings. The molecule has 0 spiro atoms. The number of aliphatic carboxylic acids is 1. The van der Waals surface area contributed by atoms with E-state index in [4.69, 9.17) is 4.74 Å². The zero-order valence-electron chi connectivity index (χ0n) is 19.0. The molecule has 0 amide bonds. The zero-order chi connectivity index (χ0) is 24.4. The lowest BCUT2D eigenvalue weighted by atomic mass is 9.82. The van der Waals surface area contributed by atoms with E-state index in [1.54, 1.807) is 25.7 Å². The Labute approximate surface area is 206 Å². The highest BCUT2D eigenvalue weighted by Crippen LogP contribution is 2.41. The third-order valence-electron chi connectivity index (χ3n) is 5.93. The first-order valence-corrected chi connectivity index (χ1v) is 12.0. The maximum absolute atomic E-state index is 14.0. The lowest BCUT2D eigenvalue weighted by Crippen LogP contribution is -2.44. The van der Waals surface area contributed by atoms with E-state index in [1.165, 1.54) is 6.07 Å². The van der Waals surface area contributed by atoms with Crippen molar-refractivity contribution >= 4 is 28.6 Å². The minimum Gasteiger partial charge on any atom is -0.489 e. The minimum atomic E-state index is -4.53. The summed E-state index contributed by atoms with van der Waals surface area (Å²) < 4.78 is 49.2. The van der Waals surface area contributed by atoms with E-state index in [1.807, 2.05) is 24.3 Å². The van der Waals surface area contributed by atoms with Gasteiger partial charge in [0.15, 0.2) is 0 Å². The summed E-state index contributed by atoms with van der Waals surface area (Å²) in [6.07, 6.45) is -2.44. The third kappa shape index (κ3) is 6.41. The molecule has 0 aliphatic carbocycles. The second-order valence-corrected chi connectivity index (χ2v) is 10.6. The van der Waals surface area contributed by atoms with Crippen LogP contribution >= 0.6 is 22.6 Å². The van der Waals surface area contributed by atoms with Crippen molar-refractivity contribution in [3.05, 3.63) is 62.2 Å². The summed E-state index contributed by atoms with van der Waals surface area (Å²) in [6, 6.07) is 9.60. The number of hydrogen-bond acceptors (Lipinski definition) is 3. The van der Waals surface area contributed by atoms with E-state index in [0.717, 1.165) is 28.0 Å². The quantitative estimate of drug-likeness (QED) is 0.394. The Bertz CT molecular complexity index is 1000. The van der Waals surface area contributed by atoms with Crippen LogP contribution in [-0.4, -0.2) is 28.6 Å². The van der Waals surface area contributed by atoms with Crippen LogP contribution < -0.4 is 4.74 Å². The maximum atomic E-state index is 14.0. The van der Waals surface area contributed by atoms with E-state index in [0.29, 0.717) is 24.3 Å². The summed E-state index contributed by atoms with van der Waals surface area (Å²) in [5.41, 5.74) is -0.00489. The first-order valence-electron chi connectivity index (χ1n) is 11.0. The van der Waals surface area contributed by atoms with Gasteiger partial charge in [-0.25, -0.2) is 0 Å². The average molecular weight is 575 g/mol. The number of hydrogen-bond donors (Lipinski definition) is 1. The fourth-order valence-electron chi connectivity index (χ4n) is 4.19. The van der Waals surface area contributed by atoms with Gasteiger partial charge in [-0.2, -0.15) is 13.2 Å². The number of carboxylic acid groups (broad SMARTS) is 1. The number of halogens is 4. The maximum Gasteiger partial charge on any atom is 0.416 e. The van der Waals surface area contributed by atoms with Crippen LogP contribution in [0.25, 0.3) is 0 Å². The number of rotatable bonds is 6. The molecule has 3 rings (SSSR count). The summed E-state index contributed by atoms with van der Waals surface area (Å²) in [4.78, 5) is 13.5. The van der Waals surface area contributed by atoms with Crippen molar-refractivity contribution in [1.29, 1.82) is 0 Å². The molecular formula is C25H29F3INO3. The van der Waals surface area contributed by atoms with Gasteiger partial charge in [-0.15, -0.1) is 0 Å². The van der Waals surface area contributed by atoms with Crippen molar-refractivity contribution in [1.82, 2.24) is 4.90 Å². The number of nitrogens with zero attached hydrogens (tertiary/aromatic N) is 1. The van der Waals surface area contributed by atoms with Gasteiger partial charge >= 0.3 is 12.1 Å². The number of piperidine rings is 1. The number of benzene rings is 2. The summed E-state index contributed by atoms with van der Waals surface area (Å²) >= 11 is 2.20. The van der Waals surface area contributed by atoms with E-state index >= 15 is 0 Å². The zero-order valence-corrected chi connectivity index (χ0v) is 21.2. The van der Waals surface area contributed by atoms with Crippen LogP contribution in [0.15, 0.2) is 36.4 Å². The summed E-state index contributed by atoms with van der Waals surface area (Å²) in [5.74, 6) is -0.583. The molecule has 1 N–H and O–H groups in total. The predicted molar refractivity (Wildman–Crippen MR) is 129 cm³/mol. The molecular weight excluding hydrogens is 546 g/mol. The molecule has 2 aromatic carbocycles. The molecule has 0 aromatic heterocycles. The summed E-state index contributed by atoms with van der Waals surface area (Å²) in [5, 5.41) is 9.62. The van der Waals surface area contributed by atoms with Gasteiger partial charge in [0.25, 0.3) is 0 Å². The van der Waals surface area contributed by atoms with Gasteiger partial charge in [0.05, 0.1) is 5.56 Å². The molecule has 0 saturated carbocycles. The Morgan fingerprint density at radius 2 is 1.82 bits per heavy atom. The van der Waals surface area contributed by atoms with Crippen molar-refractivity contribution < 1.29 is 27.8 Å². The molecule has 1 fully saturated rings. The van der Waals surface area contributed by atoms with Crippen LogP contribution in [0.4, 0.5) is 13.2 Å². The molecule has 1 aliphatic heterocycles. The Kier molecular flexibility index (Phi) is 7.99.